The van der Waals surface area contributed by atoms with Crippen molar-refractivity contribution in [1.29, 1.82) is 0 Å². The van der Waals surface area contributed by atoms with E-state index in [9.17, 15) is 4.79 Å². The second kappa shape index (κ2) is 8.38. The van der Waals surface area contributed by atoms with Crippen molar-refractivity contribution in [2.45, 2.75) is 12.6 Å². The van der Waals surface area contributed by atoms with Gasteiger partial charge in [0.15, 0.2) is 6.04 Å². The Morgan fingerprint density at radius 2 is 1.68 bits per heavy atom. The summed E-state index contributed by atoms with van der Waals surface area (Å²) in [6.45, 7) is 0.623. The molecule has 0 spiro atoms. The first-order valence-corrected chi connectivity index (χ1v) is 9.44. The fourth-order valence-electron chi connectivity index (χ4n) is 3.12. The maximum absolute atomic E-state index is 12.8. The molecule has 0 bridgehead atoms. The Bertz CT molecular complexity index is 1000. The molecule has 140 valence electrons. The van der Waals surface area contributed by atoms with Gasteiger partial charge in [0.1, 0.15) is 0 Å². The first kappa shape index (κ1) is 18.4. The van der Waals surface area contributed by atoms with Crippen LogP contribution in [-0.2, 0) is 16.1 Å². The molecule has 0 saturated heterocycles. The van der Waals surface area contributed by atoms with Crippen molar-refractivity contribution in [1.82, 2.24) is 0 Å². The van der Waals surface area contributed by atoms with Gasteiger partial charge < -0.3 is 10.1 Å². The van der Waals surface area contributed by atoms with Gasteiger partial charge >= 0.3 is 0 Å². The number of fused-ring (bicyclic) bond motifs is 1. The molecule has 4 nitrogen and oxygen atoms in total. The molecule has 1 atom stereocenters. The van der Waals surface area contributed by atoms with Crippen LogP contribution in [0.4, 0.5) is 5.69 Å². The zero-order valence-electron chi connectivity index (χ0n) is 15.1. The average molecular weight is 391 g/mol. The van der Waals surface area contributed by atoms with Crippen molar-refractivity contribution < 1.29 is 9.53 Å². The third-order valence-corrected chi connectivity index (χ3v) is 4.75. The molecule has 0 aromatic heterocycles. The fraction of sp³-hybridized carbons (Fsp3) is 0.130. The largest absolute Gasteiger partial charge is 0.374 e. The number of hydrogen-bond acceptors (Lipinski definition) is 3. The zero-order chi connectivity index (χ0) is 19.3. The fourth-order valence-corrected chi connectivity index (χ4v) is 3.30. The Morgan fingerprint density at radius 1 is 0.964 bits per heavy atom. The number of ether oxygens (including phenoxy) is 1. The predicted octanol–water partition coefficient (Wildman–Crippen LogP) is 4.71. The van der Waals surface area contributed by atoms with Gasteiger partial charge in [-0.2, -0.15) is 0 Å². The van der Waals surface area contributed by atoms with E-state index in [2.05, 4.69) is 5.32 Å². The first-order valence-electron chi connectivity index (χ1n) is 9.06. The molecule has 3 aromatic carbocycles. The summed E-state index contributed by atoms with van der Waals surface area (Å²) in [6.07, 6.45) is 0. The van der Waals surface area contributed by atoms with Crippen LogP contribution in [0.3, 0.4) is 0 Å². The summed E-state index contributed by atoms with van der Waals surface area (Å²) in [6, 6.07) is 24.4. The van der Waals surface area contributed by atoms with Crippen LogP contribution in [0.1, 0.15) is 16.7 Å². The molecular weight excluding hydrogens is 372 g/mol. The lowest BCUT2D eigenvalue weighted by Gasteiger charge is -2.12. The summed E-state index contributed by atoms with van der Waals surface area (Å²) < 4.78 is 5.80. The molecule has 1 aliphatic rings. The van der Waals surface area contributed by atoms with Gasteiger partial charge in [-0.3, -0.25) is 9.79 Å². The van der Waals surface area contributed by atoms with Crippen molar-refractivity contribution in [2.75, 3.05) is 11.9 Å². The van der Waals surface area contributed by atoms with E-state index in [4.69, 9.17) is 21.3 Å². The van der Waals surface area contributed by atoms with Gasteiger partial charge in [0.05, 0.1) is 24.6 Å². The van der Waals surface area contributed by atoms with Crippen LogP contribution in [0.15, 0.2) is 83.9 Å². The van der Waals surface area contributed by atoms with Crippen LogP contribution in [0.5, 0.6) is 0 Å². The van der Waals surface area contributed by atoms with Crippen molar-refractivity contribution in [3.05, 3.63) is 101 Å². The monoisotopic (exact) mass is 390 g/mol. The van der Waals surface area contributed by atoms with Crippen LogP contribution in [0.25, 0.3) is 0 Å². The molecule has 4 rings (SSSR count). The van der Waals surface area contributed by atoms with E-state index in [1.807, 2.05) is 66.7 Å². The number of halogens is 1. The van der Waals surface area contributed by atoms with E-state index >= 15 is 0 Å². The molecule has 0 saturated carbocycles. The maximum Gasteiger partial charge on any atom is 0.251 e. The molecule has 1 amide bonds. The summed E-state index contributed by atoms with van der Waals surface area (Å²) in [5, 5.41) is 3.55. The molecule has 0 fully saturated rings. The number of carbonyl (C=O) groups is 1. The summed E-state index contributed by atoms with van der Waals surface area (Å²) >= 11 is 6.21. The molecular formula is C23H19ClN2O2. The smallest absolute Gasteiger partial charge is 0.251 e. The molecule has 0 radical (unpaired) electrons. The van der Waals surface area contributed by atoms with Crippen LogP contribution in [0, 0.1) is 0 Å². The van der Waals surface area contributed by atoms with Gasteiger partial charge in [0, 0.05) is 16.1 Å². The molecule has 5 heteroatoms. The molecule has 0 aliphatic carbocycles. The normalized spacial score (nSPS) is 16.0. The number of aliphatic imine (C=N–C) groups is 1. The molecule has 1 N–H and O–H groups in total. The second-order valence-electron chi connectivity index (χ2n) is 6.54. The zero-order valence-corrected chi connectivity index (χ0v) is 15.9. The minimum Gasteiger partial charge on any atom is -0.374 e. The maximum atomic E-state index is 12.8. The predicted molar refractivity (Wildman–Crippen MR) is 112 cm³/mol. The van der Waals surface area contributed by atoms with E-state index in [-0.39, 0.29) is 12.5 Å². The highest BCUT2D eigenvalue weighted by Crippen LogP contribution is 2.27. The first-order chi connectivity index (χ1) is 13.7. The highest BCUT2D eigenvalue weighted by molar-refractivity contribution is 6.32. The summed E-state index contributed by atoms with van der Waals surface area (Å²) in [4.78, 5) is 17.5. The molecule has 28 heavy (non-hydrogen) atoms. The summed E-state index contributed by atoms with van der Waals surface area (Å²) in [5.41, 5.74) is 4.21. The van der Waals surface area contributed by atoms with Crippen LogP contribution in [-0.4, -0.2) is 24.3 Å². The van der Waals surface area contributed by atoms with Crippen LogP contribution < -0.4 is 5.32 Å². The number of hydrogen-bond donors (Lipinski definition) is 1. The minimum absolute atomic E-state index is 0.192. The molecule has 1 heterocycles. The van der Waals surface area contributed by atoms with Gasteiger partial charge in [-0.05, 0) is 23.8 Å². The van der Waals surface area contributed by atoms with Gasteiger partial charge in [0.2, 0.25) is 0 Å². The Labute approximate surface area is 168 Å². The van der Waals surface area contributed by atoms with E-state index in [1.54, 1.807) is 12.1 Å². The Kier molecular flexibility index (Phi) is 5.51. The Balaban J connectivity index is 1.64. The number of amides is 1. The highest BCUT2D eigenvalue weighted by atomic mass is 35.5. The van der Waals surface area contributed by atoms with Gasteiger partial charge in [-0.1, -0.05) is 72.3 Å². The number of rotatable bonds is 5. The van der Waals surface area contributed by atoms with Crippen LogP contribution in [0.2, 0.25) is 5.02 Å². The van der Waals surface area contributed by atoms with Crippen molar-refractivity contribution in [2.24, 2.45) is 4.99 Å². The third kappa shape index (κ3) is 4.14. The molecule has 3 aromatic rings. The summed E-state index contributed by atoms with van der Waals surface area (Å²) in [7, 11) is 0. The van der Waals surface area contributed by atoms with E-state index in [0.717, 1.165) is 22.4 Å². The van der Waals surface area contributed by atoms with E-state index in [1.165, 1.54) is 0 Å². The van der Waals surface area contributed by atoms with E-state index in [0.29, 0.717) is 17.3 Å². The lowest BCUT2D eigenvalue weighted by Crippen LogP contribution is -2.30. The van der Waals surface area contributed by atoms with Gasteiger partial charge in [-0.25, -0.2) is 0 Å². The van der Waals surface area contributed by atoms with Gasteiger partial charge in [0.25, 0.3) is 5.91 Å². The van der Waals surface area contributed by atoms with Crippen LogP contribution >= 0.6 is 11.6 Å². The van der Waals surface area contributed by atoms with Crippen molar-refractivity contribution >= 4 is 28.9 Å². The standard InChI is InChI=1S/C23H19ClN2O2/c24-18-11-12-20-19(13-18)22(17-9-5-2-6-10-17)25-21(23(27)26-20)15-28-14-16-7-3-1-4-8-16/h1-13,21H,14-15H2,(H,26,27)/t21-/m1/s1. The van der Waals surface area contributed by atoms with Crippen molar-refractivity contribution in [3.63, 3.8) is 0 Å². The average Bonchev–Trinajstić information content (AvgIpc) is 2.86. The lowest BCUT2D eigenvalue weighted by atomic mass is 10.0. The number of nitrogens with one attached hydrogen (secondary N) is 1. The lowest BCUT2D eigenvalue weighted by molar-refractivity contribution is -0.118. The number of benzene rings is 3. The topological polar surface area (TPSA) is 50.7 Å². The number of nitrogens with zero attached hydrogens (tertiary/aromatic N) is 1. The molecule has 1 aliphatic heterocycles. The Hall–Kier alpha value is -2.95. The third-order valence-electron chi connectivity index (χ3n) is 4.52. The van der Waals surface area contributed by atoms with Crippen molar-refractivity contribution in [3.8, 4) is 0 Å². The number of carbonyl (C=O) groups excluding carboxylic acids is 1. The Morgan fingerprint density at radius 3 is 2.43 bits per heavy atom. The second-order valence-corrected chi connectivity index (χ2v) is 6.98. The number of benzodiazepines with no additional fused rings is 1. The SMILES string of the molecule is O=C1Nc2ccc(Cl)cc2C(c2ccccc2)=N[C@@H]1COCc1ccccc1. The minimum atomic E-state index is -0.648. The highest BCUT2D eigenvalue weighted by Gasteiger charge is 2.26. The quantitative estimate of drug-likeness (QED) is 0.685. The molecule has 0 unspecified atom stereocenters. The number of anilines is 1. The van der Waals surface area contributed by atoms with Gasteiger partial charge in [-0.15, -0.1) is 0 Å². The van der Waals surface area contributed by atoms with E-state index < -0.39 is 6.04 Å². The summed E-state index contributed by atoms with van der Waals surface area (Å²) in [5.74, 6) is -0.192.